The summed E-state index contributed by atoms with van der Waals surface area (Å²) in [6.45, 7) is 10.2. The lowest BCUT2D eigenvalue weighted by Gasteiger charge is -2.19. The zero-order chi connectivity index (χ0) is 28.9. The van der Waals surface area contributed by atoms with Crippen molar-refractivity contribution in [3.8, 4) is 50.2 Å². The van der Waals surface area contributed by atoms with E-state index in [0.29, 0.717) is 30.6 Å². The zero-order valence-electron chi connectivity index (χ0n) is 23.7. The average molecular weight is 569 g/mol. The van der Waals surface area contributed by atoms with Crippen LogP contribution in [-0.4, -0.2) is 38.8 Å². The van der Waals surface area contributed by atoms with Gasteiger partial charge in [0.2, 0.25) is 11.8 Å². The molecule has 0 radical (unpaired) electrons. The van der Waals surface area contributed by atoms with Crippen LogP contribution >= 0.6 is 11.3 Å². The summed E-state index contributed by atoms with van der Waals surface area (Å²) >= 11 is 1.53. The van der Waals surface area contributed by atoms with E-state index in [1.807, 2.05) is 74.7 Å². The van der Waals surface area contributed by atoms with Crippen LogP contribution in [0.5, 0.6) is 5.75 Å². The van der Waals surface area contributed by atoms with Crippen molar-refractivity contribution in [2.24, 2.45) is 0 Å². The van der Waals surface area contributed by atoms with Gasteiger partial charge in [0, 0.05) is 52.9 Å². The Balaban J connectivity index is 1.69. The number of anilines is 1. The first-order valence-electron chi connectivity index (χ1n) is 13.6. The molecule has 0 saturated carbocycles. The molecule has 2 aromatic carbocycles. The smallest absolute Gasteiger partial charge is 0.320 e. The van der Waals surface area contributed by atoms with E-state index in [9.17, 15) is 4.79 Å². The highest BCUT2D eigenvalue weighted by molar-refractivity contribution is 7.13. The van der Waals surface area contributed by atoms with Gasteiger partial charge in [-0.25, -0.2) is 14.8 Å². The van der Waals surface area contributed by atoms with E-state index < -0.39 is 0 Å². The number of benzene rings is 2. The largest absolute Gasteiger partial charge is 0.491 e. The fourth-order valence-corrected chi connectivity index (χ4v) is 5.37. The Bertz CT molecular complexity index is 1660. The first-order valence-corrected chi connectivity index (χ1v) is 14.4. The number of aryl methyl sites for hydroxylation is 1. The number of hydrogen-bond donors (Lipinski definition) is 2. The minimum Gasteiger partial charge on any atom is -0.491 e. The van der Waals surface area contributed by atoms with E-state index in [4.69, 9.17) is 14.1 Å². The summed E-state index contributed by atoms with van der Waals surface area (Å²) in [5, 5.41) is 16.8. The van der Waals surface area contributed by atoms with Crippen LogP contribution < -0.4 is 15.4 Å². The molecule has 10 heteroatoms. The average Bonchev–Trinajstić information content (AvgIpc) is 3.62. The van der Waals surface area contributed by atoms with Gasteiger partial charge < -0.3 is 14.5 Å². The van der Waals surface area contributed by atoms with Crippen molar-refractivity contribution in [1.29, 1.82) is 0 Å². The number of ether oxygens (including phenoxy) is 1. The van der Waals surface area contributed by atoms with Crippen LogP contribution in [0.4, 0.5) is 10.6 Å². The molecule has 0 unspecified atom stereocenters. The Morgan fingerprint density at radius 2 is 1.83 bits per heavy atom. The van der Waals surface area contributed by atoms with Gasteiger partial charge >= 0.3 is 6.03 Å². The van der Waals surface area contributed by atoms with Gasteiger partial charge in [0.15, 0.2) is 0 Å². The van der Waals surface area contributed by atoms with Crippen LogP contribution in [0.2, 0.25) is 0 Å². The molecule has 2 N–H and O–H groups in total. The molecule has 0 spiro atoms. The van der Waals surface area contributed by atoms with E-state index in [0.717, 1.165) is 49.8 Å². The van der Waals surface area contributed by atoms with Crippen LogP contribution in [0.3, 0.4) is 0 Å². The van der Waals surface area contributed by atoms with Crippen LogP contribution in [0, 0.1) is 6.92 Å². The molecule has 9 nitrogen and oxygen atoms in total. The van der Waals surface area contributed by atoms with E-state index in [2.05, 4.69) is 32.7 Å². The lowest BCUT2D eigenvalue weighted by Crippen LogP contribution is -2.28. The number of nitrogens with one attached hydrogen (secondary N) is 2. The lowest BCUT2D eigenvalue weighted by atomic mass is 9.95. The topological polar surface area (TPSA) is 115 Å². The number of hydrogen-bond acceptors (Lipinski definition) is 8. The maximum absolute atomic E-state index is 12.3. The Hall–Kier alpha value is -4.57. The highest BCUT2D eigenvalue weighted by Crippen LogP contribution is 2.41. The molecule has 0 aliphatic carbocycles. The van der Waals surface area contributed by atoms with Gasteiger partial charge in [-0.1, -0.05) is 37.3 Å². The number of urea groups is 1. The molecule has 5 rings (SSSR count). The van der Waals surface area contributed by atoms with Crippen molar-refractivity contribution in [3.05, 3.63) is 71.6 Å². The highest BCUT2D eigenvalue weighted by Gasteiger charge is 2.21. The molecule has 0 aliphatic heterocycles. The fraction of sp³-hybridized carbons (Fsp3) is 0.258. The summed E-state index contributed by atoms with van der Waals surface area (Å²) in [6, 6.07) is 15.6. The van der Waals surface area contributed by atoms with Gasteiger partial charge in [0.25, 0.3) is 0 Å². The SMILES string of the molecule is CCNC(=O)Nc1cc(-c2nc(-c3ccccc3)cs2)c(-c2cc(OC(C)C)c(CC)c(-c3nnc(C)o3)c2)cn1. The van der Waals surface area contributed by atoms with Crippen molar-refractivity contribution in [1.82, 2.24) is 25.5 Å². The maximum atomic E-state index is 12.3. The number of amides is 2. The standard InChI is InChI=1S/C31H32N6O3S/c1-6-22-23(29-37-36-19(5)40-29)13-21(14-27(22)39-18(3)4)25-16-33-28(35-31(38)32-7-2)15-24(25)30-34-26(17-41-30)20-11-9-8-10-12-20/h8-18H,6-7H2,1-5H3,(H2,32,33,35,38). The third kappa shape index (κ3) is 6.28. The van der Waals surface area contributed by atoms with E-state index in [1.54, 1.807) is 13.1 Å². The van der Waals surface area contributed by atoms with Crippen LogP contribution in [0.25, 0.3) is 44.4 Å². The van der Waals surface area contributed by atoms with Gasteiger partial charge in [-0.3, -0.25) is 5.32 Å². The number of rotatable bonds is 9. The monoisotopic (exact) mass is 568 g/mol. The zero-order valence-corrected chi connectivity index (χ0v) is 24.5. The van der Waals surface area contributed by atoms with Crippen molar-refractivity contribution in [2.75, 3.05) is 11.9 Å². The predicted molar refractivity (Wildman–Crippen MR) is 162 cm³/mol. The van der Waals surface area contributed by atoms with Crippen LogP contribution in [-0.2, 0) is 6.42 Å². The molecule has 2 amide bonds. The number of pyridine rings is 1. The molecule has 41 heavy (non-hydrogen) atoms. The predicted octanol–water partition coefficient (Wildman–Crippen LogP) is 7.39. The number of thiazole rings is 1. The summed E-state index contributed by atoms with van der Waals surface area (Å²) in [6.07, 6.45) is 2.43. The van der Waals surface area contributed by atoms with Gasteiger partial charge in [0.1, 0.15) is 16.6 Å². The first kappa shape index (κ1) is 28.0. The lowest BCUT2D eigenvalue weighted by molar-refractivity contribution is 0.240. The Morgan fingerprint density at radius 3 is 2.51 bits per heavy atom. The highest BCUT2D eigenvalue weighted by atomic mass is 32.1. The van der Waals surface area contributed by atoms with Crippen LogP contribution in [0.15, 0.2) is 64.5 Å². The van der Waals surface area contributed by atoms with Crippen molar-refractivity contribution < 1.29 is 13.9 Å². The maximum Gasteiger partial charge on any atom is 0.320 e. The summed E-state index contributed by atoms with van der Waals surface area (Å²) < 4.78 is 12.1. The molecule has 0 fully saturated rings. The number of nitrogens with zero attached hydrogens (tertiary/aromatic N) is 4. The van der Waals surface area contributed by atoms with Crippen molar-refractivity contribution in [2.45, 2.75) is 47.1 Å². The molecule has 0 saturated heterocycles. The second-order valence-electron chi connectivity index (χ2n) is 9.65. The summed E-state index contributed by atoms with van der Waals surface area (Å²) in [7, 11) is 0. The second kappa shape index (κ2) is 12.3. The Labute approximate surface area is 243 Å². The second-order valence-corrected chi connectivity index (χ2v) is 10.5. The molecule has 0 aliphatic rings. The summed E-state index contributed by atoms with van der Waals surface area (Å²) in [4.78, 5) is 21.9. The molecule has 5 aromatic rings. The van der Waals surface area contributed by atoms with Crippen LogP contribution in [0.1, 0.15) is 39.1 Å². The minimum absolute atomic E-state index is 0.0403. The number of carbonyl (C=O) groups excluding carboxylic acids is 1. The van der Waals surface area contributed by atoms with Crippen molar-refractivity contribution in [3.63, 3.8) is 0 Å². The fourth-order valence-electron chi connectivity index (χ4n) is 4.51. The van der Waals surface area contributed by atoms with Gasteiger partial charge in [0.05, 0.1) is 11.8 Å². The molecular formula is C31H32N6O3S. The Kier molecular flexibility index (Phi) is 8.39. The third-order valence-corrected chi connectivity index (χ3v) is 7.16. The Morgan fingerprint density at radius 1 is 1.02 bits per heavy atom. The summed E-state index contributed by atoms with van der Waals surface area (Å²) in [5.74, 6) is 2.07. The molecule has 210 valence electrons. The molecule has 0 bridgehead atoms. The molecule has 3 heterocycles. The normalized spacial score (nSPS) is 11.1. The quantitative estimate of drug-likeness (QED) is 0.190. The summed E-state index contributed by atoms with van der Waals surface area (Å²) in [5.41, 5.74) is 6.20. The van der Waals surface area contributed by atoms with E-state index >= 15 is 0 Å². The van der Waals surface area contributed by atoms with E-state index in [-0.39, 0.29) is 12.1 Å². The first-order chi connectivity index (χ1) is 19.9. The minimum atomic E-state index is -0.322. The molecule has 0 atom stereocenters. The molecular weight excluding hydrogens is 536 g/mol. The van der Waals surface area contributed by atoms with E-state index in [1.165, 1.54) is 11.3 Å². The number of aromatic nitrogens is 4. The third-order valence-electron chi connectivity index (χ3n) is 6.28. The molecule has 3 aromatic heterocycles. The number of carbonyl (C=O) groups is 1. The van der Waals surface area contributed by atoms with Gasteiger partial charge in [-0.05, 0) is 51.0 Å². The van der Waals surface area contributed by atoms with Gasteiger partial charge in [-0.15, -0.1) is 21.5 Å². The van der Waals surface area contributed by atoms with Gasteiger partial charge in [-0.2, -0.15) is 0 Å². The van der Waals surface area contributed by atoms with Crippen molar-refractivity contribution >= 4 is 23.2 Å².